The van der Waals surface area contributed by atoms with Crippen LogP contribution in [0, 0.1) is 0 Å². The fourth-order valence-corrected chi connectivity index (χ4v) is 2.06. The number of carbonyl (C=O) groups excluding carboxylic acids is 1. The molecule has 1 aromatic carbocycles. The molecule has 6 heteroatoms. The number of benzene rings is 1. The van der Waals surface area contributed by atoms with Gasteiger partial charge in [-0.25, -0.2) is 4.79 Å². The second-order valence-corrected chi connectivity index (χ2v) is 4.88. The molecule has 0 aliphatic rings. The number of halogens is 1. The van der Waals surface area contributed by atoms with Gasteiger partial charge >= 0.3 is 5.69 Å². The number of rotatable bonds is 4. The zero-order chi connectivity index (χ0) is 13.7. The van der Waals surface area contributed by atoms with Crippen LogP contribution in [0.15, 0.2) is 47.4 Å². The van der Waals surface area contributed by atoms with Crippen LogP contribution in [0.1, 0.15) is 10.4 Å². The molecule has 2 aromatic rings. The Morgan fingerprint density at radius 1 is 1.26 bits per heavy atom. The number of nitrogens with zero attached hydrogens (tertiary/aromatic N) is 2. The van der Waals surface area contributed by atoms with Crippen LogP contribution in [0.3, 0.4) is 0 Å². The fraction of sp³-hybridized carbons (Fsp3) is 0.154. The van der Waals surface area contributed by atoms with Crippen LogP contribution in [0.2, 0.25) is 0 Å². The van der Waals surface area contributed by atoms with E-state index in [2.05, 4.69) is 32.9 Å². The van der Waals surface area contributed by atoms with Crippen LogP contribution in [-0.4, -0.2) is 19.9 Å². The third-order valence-electron chi connectivity index (χ3n) is 2.48. The monoisotopic (exact) mass is 369 g/mol. The standard InChI is InChI=1S/C13H12IN3O2/c14-7-9-17-8-6-11(16-13(17)19)15-12(18)10-4-2-1-3-5-10/h1-6,8H,7,9H2,(H,15,16,18,19). The topological polar surface area (TPSA) is 64.0 Å². The highest BCUT2D eigenvalue weighted by molar-refractivity contribution is 14.1. The number of anilines is 1. The number of nitrogens with one attached hydrogen (secondary N) is 1. The maximum Gasteiger partial charge on any atom is 0.349 e. The minimum absolute atomic E-state index is 0.267. The average molecular weight is 369 g/mol. The molecule has 0 atom stereocenters. The lowest BCUT2D eigenvalue weighted by Gasteiger charge is -2.06. The second-order valence-electron chi connectivity index (χ2n) is 3.80. The van der Waals surface area contributed by atoms with Crippen LogP contribution in [0.25, 0.3) is 0 Å². The van der Waals surface area contributed by atoms with Crippen LogP contribution in [0.5, 0.6) is 0 Å². The van der Waals surface area contributed by atoms with Crippen molar-refractivity contribution in [1.82, 2.24) is 9.55 Å². The Morgan fingerprint density at radius 2 is 2.00 bits per heavy atom. The van der Waals surface area contributed by atoms with Crippen molar-refractivity contribution in [3.8, 4) is 0 Å². The summed E-state index contributed by atoms with van der Waals surface area (Å²) in [6.07, 6.45) is 1.63. The summed E-state index contributed by atoms with van der Waals surface area (Å²) >= 11 is 2.19. The second kappa shape index (κ2) is 6.46. The highest BCUT2D eigenvalue weighted by Crippen LogP contribution is 2.04. The van der Waals surface area contributed by atoms with Gasteiger partial charge in [-0.2, -0.15) is 4.98 Å². The lowest BCUT2D eigenvalue weighted by Crippen LogP contribution is -2.25. The maximum absolute atomic E-state index is 11.9. The Balaban J connectivity index is 2.14. The number of amides is 1. The summed E-state index contributed by atoms with van der Waals surface area (Å²) in [5, 5.41) is 2.60. The van der Waals surface area contributed by atoms with Crippen LogP contribution < -0.4 is 11.0 Å². The number of hydrogen-bond donors (Lipinski definition) is 1. The van der Waals surface area contributed by atoms with Crippen molar-refractivity contribution < 1.29 is 4.79 Å². The maximum atomic E-state index is 11.9. The van der Waals surface area contributed by atoms with E-state index < -0.39 is 0 Å². The summed E-state index contributed by atoms with van der Waals surface area (Å²) in [5.41, 5.74) is 0.170. The third-order valence-corrected chi connectivity index (χ3v) is 2.96. The molecule has 1 amide bonds. The summed E-state index contributed by atoms with van der Waals surface area (Å²) < 4.78 is 2.33. The van der Waals surface area contributed by atoms with Crippen molar-refractivity contribution in [3.63, 3.8) is 0 Å². The molecule has 0 bridgehead atoms. The molecule has 0 radical (unpaired) electrons. The molecule has 0 aliphatic carbocycles. The third kappa shape index (κ3) is 3.63. The molecule has 0 spiro atoms. The number of hydrogen-bond acceptors (Lipinski definition) is 3. The predicted octanol–water partition coefficient (Wildman–Crippen LogP) is 1.93. The zero-order valence-electron chi connectivity index (χ0n) is 10.0. The molecule has 19 heavy (non-hydrogen) atoms. The number of aryl methyl sites for hydroxylation is 1. The molecule has 2 rings (SSSR count). The SMILES string of the molecule is O=C(Nc1ccn(CCI)c(=O)n1)c1ccccc1. The van der Waals surface area contributed by atoms with Gasteiger partial charge in [-0.1, -0.05) is 40.8 Å². The van der Waals surface area contributed by atoms with E-state index in [0.717, 1.165) is 4.43 Å². The molecule has 0 aliphatic heterocycles. The summed E-state index contributed by atoms with van der Waals surface area (Å²) in [5.74, 6) is -0.0114. The minimum atomic E-state index is -0.359. The van der Waals surface area contributed by atoms with Gasteiger partial charge in [0, 0.05) is 22.7 Å². The summed E-state index contributed by atoms with van der Waals surface area (Å²) in [6, 6.07) is 10.4. The van der Waals surface area contributed by atoms with E-state index in [1.807, 2.05) is 6.07 Å². The quantitative estimate of drug-likeness (QED) is 0.662. The Morgan fingerprint density at radius 3 is 2.63 bits per heavy atom. The van der Waals surface area contributed by atoms with Crippen LogP contribution in [-0.2, 0) is 6.54 Å². The van der Waals surface area contributed by atoms with Gasteiger partial charge in [0.25, 0.3) is 5.91 Å². The minimum Gasteiger partial charge on any atom is -0.306 e. The number of carbonyl (C=O) groups is 1. The highest BCUT2D eigenvalue weighted by atomic mass is 127. The normalized spacial score (nSPS) is 10.2. The van der Waals surface area contributed by atoms with Crippen molar-refractivity contribution in [2.24, 2.45) is 0 Å². The van der Waals surface area contributed by atoms with Gasteiger partial charge in [-0.3, -0.25) is 9.36 Å². The van der Waals surface area contributed by atoms with Crippen molar-refractivity contribution in [3.05, 3.63) is 58.6 Å². The first kappa shape index (κ1) is 13.7. The molecular formula is C13H12IN3O2. The largest absolute Gasteiger partial charge is 0.349 e. The molecular weight excluding hydrogens is 357 g/mol. The first-order chi connectivity index (χ1) is 9.20. The van der Waals surface area contributed by atoms with E-state index in [-0.39, 0.29) is 17.4 Å². The van der Waals surface area contributed by atoms with Gasteiger partial charge in [0.15, 0.2) is 0 Å². The van der Waals surface area contributed by atoms with Gasteiger partial charge in [-0.15, -0.1) is 0 Å². The molecule has 0 fully saturated rings. The van der Waals surface area contributed by atoms with E-state index in [9.17, 15) is 9.59 Å². The first-order valence-corrected chi connectivity index (χ1v) is 7.23. The summed E-state index contributed by atoms with van der Waals surface area (Å²) in [7, 11) is 0. The molecule has 0 saturated carbocycles. The van der Waals surface area contributed by atoms with Crippen molar-refractivity contribution in [1.29, 1.82) is 0 Å². The smallest absolute Gasteiger partial charge is 0.306 e. The molecule has 98 valence electrons. The fourth-order valence-electron chi connectivity index (χ4n) is 1.54. The number of aromatic nitrogens is 2. The van der Waals surface area contributed by atoms with Gasteiger partial charge in [0.2, 0.25) is 0 Å². The Hall–Kier alpha value is -1.70. The average Bonchev–Trinajstić information content (AvgIpc) is 2.43. The van der Waals surface area contributed by atoms with Crippen LogP contribution >= 0.6 is 22.6 Å². The Kier molecular flexibility index (Phi) is 4.67. The van der Waals surface area contributed by atoms with Crippen molar-refractivity contribution >= 4 is 34.3 Å². The first-order valence-electron chi connectivity index (χ1n) is 5.70. The lowest BCUT2D eigenvalue weighted by atomic mass is 10.2. The summed E-state index contributed by atoms with van der Waals surface area (Å²) in [4.78, 5) is 27.3. The van der Waals surface area contributed by atoms with Crippen LogP contribution in [0.4, 0.5) is 5.82 Å². The summed E-state index contributed by atoms with van der Waals surface area (Å²) in [6.45, 7) is 0.610. The lowest BCUT2D eigenvalue weighted by molar-refractivity contribution is 0.102. The van der Waals surface area contributed by atoms with E-state index >= 15 is 0 Å². The van der Waals surface area contributed by atoms with Gasteiger partial charge in [0.05, 0.1) is 0 Å². The van der Waals surface area contributed by atoms with E-state index in [1.54, 1.807) is 36.5 Å². The molecule has 1 heterocycles. The van der Waals surface area contributed by atoms with Gasteiger partial charge in [-0.05, 0) is 18.2 Å². The molecule has 0 saturated heterocycles. The van der Waals surface area contributed by atoms with Gasteiger partial charge in [0.1, 0.15) is 5.82 Å². The van der Waals surface area contributed by atoms with Crippen molar-refractivity contribution in [2.45, 2.75) is 6.54 Å². The Bertz CT molecular complexity index is 625. The molecule has 1 N–H and O–H groups in total. The van der Waals surface area contributed by atoms with E-state index in [1.165, 1.54) is 4.57 Å². The van der Waals surface area contributed by atoms with E-state index in [0.29, 0.717) is 12.1 Å². The molecule has 0 unspecified atom stereocenters. The van der Waals surface area contributed by atoms with Gasteiger partial charge < -0.3 is 5.32 Å². The molecule has 1 aromatic heterocycles. The zero-order valence-corrected chi connectivity index (χ0v) is 12.2. The predicted molar refractivity (Wildman–Crippen MR) is 81.8 cm³/mol. The molecule has 5 nitrogen and oxygen atoms in total. The number of alkyl halides is 1. The van der Waals surface area contributed by atoms with Crippen molar-refractivity contribution in [2.75, 3.05) is 9.74 Å². The van der Waals surface area contributed by atoms with E-state index in [4.69, 9.17) is 0 Å². The Labute approximate surface area is 123 Å². The highest BCUT2D eigenvalue weighted by Gasteiger charge is 2.07.